The normalized spacial score (nSPS) is 16.9. The first-order valence-corrected chi connectivity index (χ1v) is 7.52. The Morgan fingerprint density at radius 2 is 1.95 bits per heavy atom. The summed E-state index contributed by atoms with van der Waals surface area (Å²) >= 11 is 0. The predicted molar refractivity (Wildman–Crippen MR) is 83.0 cm³/mol. The molecule has 0 heterocycles. The molecule has 1 N–H and O–H groups in total. The fourth-order valence-corrected chi connectivity index (χ4v) is 3.03. The van der Waals surface area contributed by atoms with Crippen LogP contribution in [0.2, 0.25) is 0 Å². The molecule has 0 bridgehead atoms. The number of halogens is 1. The second-order valence-electron chi connectivity index (χ2n) is 5.61. The zero-order chi connectivity index (χ0) is 15.2. The number of nitrogens with zero attached hydrogens (tertiary/aromatic N) is 1. The van der Waals surface area contributed by atoms with Gasteiger partial charge in [0, 0.05) is 24.7 Å². The maximum absolute atomic E-state index is 14.3. The lowest BCUT2D eigenvalue weighted by molar-refractivity contribution is -0.131. The van der Waals surface area contributed by atoms with Crippen LogP contribution in [-0.4, -0.2) is 24.2 Å². The van der Waals surface area contributed by atoms with Gasteiger partial charge in [0.05, 0.1) is 5.69 Å². The molecule has 1 aliphatic carbocycles. The van der Waals surface area contributed by atoms with Gasteiger partial charge in [-0.1, -0.05) is 37.8 Å². The summed E-state index contributed by atoms with van der Waals surface area (Å²) in [6, 6.07) is 5.12. The third kappa shape index (κ3) is 4.06. The number of hydrogen-bond donors (Lipinski definition) is 1. The summed E-state index contributed by atoms with van der Waals surface area (Å²) in [6.07, 6.45) is 9.47. The Morgan fingerprint density at radius 1 is 1.29 bits per heavy atom. The molecular formula is C17H22FNO2. The molecule has 3 nitrogen and oxygen atoms in total. The van der Waals surface area contributed by atoms with Gasteiger partial charge in [0.15, 0.2) is 0 Å². The van der Waals surface area contributed by atoms with E-state index in [0.29, 0.717) is 17.3 Å². The SMILES string of the molecule is CN(c1c(F)cccc1/C=C/C(=O)O)C1CCCCCC1. The van der Waals surface area contributed by atoms with Crippen LogP contribution in [0.1, 0.15) is 44.1 Å². The van der Waals surface area contributed by atoms with E-state index in [-0.39, 0.29) is 5.82 Å². The standard InChI is InChI=1S/C17H22FNO2/c1-19(14-8-4-2-3-5-9-14)17-13(11-12-16(20)21)7-6-10-15(17)18/h6-7,10-12,14H,2-5,8-9H2,1H3,(H,20,21)/b12-11+. The van der Waals surface area contributed by atoms with Crippen LogP contribution in [0.5, 0.6) is 0 Å². The first kappa shape index (κ1) is 15.5. The largest absolute Gasteiger partial charge is 0.478 e. The van der Waals surface area contributed by atoms with Crippen molar-refractivity contribution in [1.29, 1.82) is 0 Å². The van der Waals surface area contributed by atoms with Crippen LogP contribution >= 0.6 is 0 Å². The van der Waals surface area contributed by atoms with Crippen LogP contribution in [-0.2, 0) is 4.79 Å². The van der Waals surface area contributed by atoms with Gasteiger partial charge in [0.2, 0.25) is 0 Å². The van der Waals surface area contributed by atoms with Gasteiger partial charge in [-0.05, 0) is 25.0 Å². The van der Waals surface area contributed by atoms with Gasteiger partial charge in [-0.25, -0.2) is 9.18 Å². The van der Waals surface area contributed by atoms with Crippen LogP contribution in [0, 0.1) is 5.82 Å². The Morgan fingerprint density at radius 3 is 2.57 bits per heavy atom. The van der Waals surface area contributed by atoms with E-state index in [9.17, 15) is 9.18 Å². The summed E-state index contributed by atoms with van der Waals surface area (Å²) in [6.45, 7) is 0. The fourth-order valence-electron chi connectivity index (χ4n) is 3.03. The third-order valence-corrected chi connectivity index (χ3v) is 4.15. The summed E-state index contributed by atoms with van der Waals surface area (Å²) in [7, 11) is 1.91. The van der Waals surface area contributed by atoms with Gasteiger partial charge in [0.1, 0.15) is 5.82 Å². The maximum Gasteiger partial charge on any atom is 0.328 e. The van der Waals surface area contributed by atoms with Crippen molar-refractivity contribution < 1.29 is 14.3 Å². The number of para-hydroxylation sites is 1. The van der Waals surface area contributed by atoms with Crippen molar-refractivity contribution in [2.24, 2.45) is 0 Å². The maximum atomic E-state index is 14.3. The van der Waals surface area contributed by atoms with E-state index in [1.54, 1.807) is 12.1 Å². The summed E-state index contributed by atoms with van der Waals surface area (Å²) in [5.41, 5.74) is 1.12. The molecule has 0 spiro atoms. The highest BCUT2D eigenvalue weighted by Gasteiger charge is 2.21. The lowest BCUT2D eigenvalue weighted by Crippen LogP contribution is -2.32. The van der Waals surface area contributed by atoms with Crippen molar-refractivity contribution >= 4 is 17.7 Å². The van der Waals surface area contributed by atoms with E-state index in [0.717, 1.165) is 18.9 Å². The van der Waals surface area contributed by atoms with E-state index in [1.807, 2.05) is 11.9 Å². The van der Waals surface area contributed by atoms with Gasteiger partial charge in [-0.15, -0.1) is 0 Å². The molecule has 21 heavy (non-hydrogen) atoms. The number of benzene rings is 1. The Labute approximate surface area is 125 Å². The highest BCUT2D eigenvalue weighted by Crippen LogP contribution is 2.30. The molecule has 0 atom stereocenters. The monoisotopic (exact) mass is 291 g/mol. The van der Waals surface area contributed by atoms with Gasteiger partial charge < -0.3 is 10.0 Å². The molecule has 1 fully saturated rings. The quantitative estimate of drug-likeness (QED) is 0.671. The minimum atomic E-state index is -1.03. The number of anilines is 1. The van der Waals surface area contributed by atoms with E-state index in [4.69, 9.17) is 5.11 Å². The molecular weight excluding hydrogens is 269 g/mol. The second-order valence-corrected chi connectivity index (χ2v) is 5.61. The highest BCUT2D eigenvalue weighted by molar-refractivity contribution is 5.87. The van der Waals surface area contributed by atoms with Crippen molar-refractivity contribution in [2.75, 3.05) is 11.9 Å². The molecule has 1 aromatic rings. The van der Waals surface area contributed by atoms with Crippen molar-refractivity contribution in [3.8, 4) is 0 Å². The molecule has 0 aromatic heterocycles. The van der Waals surface area contributed by atoms with Gasteiger partial charge >= 0.3 is 5.97 Å². The van der Waals surface area contributed by atoms with Crippen LogP contribution in [0.25, 0.3) is 6.08 Å². The number of carboxylic acid groups (broad SMARTS) is 1. The molecule has 0 unspecified atom stereocenters. The van der Waals surface area contributed by atoms with E-state index in [2.05, 4.69) is 0 Å². The Hall–Kier alpha value is -1.84. The minimum absolute atomic E-state index is 0.297. The lowest BCUT2D eigenvalue weighted by atomic mass is 10.0. The second kappa shape index (κ2) is 7.25. The van der Waals surface area contributed by atoms with Gasteiger partial charge in [0.25, 0.3) is 0 Å². The number of aliphatic carboxylic acids is 1. The summed E-state index contributed by atoms with van der Waals surface area (Å²) in [5, 5.41) is 8.77. The Kier molecular flexibility index (Phi) is 5.37. The fraction of sp³-hybridized carbons (Fsp3) is 0.471. The Balaban J connectivity index is 2.29. The molecule has 0 amide bonds. The predicted octanol–water partition coefficient (Wildman–Crippen LogP) is 4.08. The smallest absolute Gasteiger partial charge is 0.328 e. The van der Waals surface area contributed by atoms with E-state index >= 15 is 0 Å². The molecule has 4 heteroatoms. The van der Waals surface area contributed by atoms with E-state index < -0.39 is 5.97 Å². The number of rotatable bonds is 4. The summed E-state index contributed by atoms with van der Waals surface area (Å²) in [4.78, 5) is 12.7. The molecule has 2 rings (SSSR count). The van der Waals surface area contributed by atoms with Crippen molar-refractivity contribution in [2.45, 2.75) is 44.6 Å². The molecule has 114 valence electrons. The van der Waals surface area contributed by atoms with Crippen LogP contribution in [0.4, 0.5) is 10.1 Å². The minimum Gasteiger partial charge on any atom is -0.478 e. The zero-order valence-corrected chi connectivity index (χ0v) is 12.4. The van der Waals surface area contributed by atoms with Crippen LogP contribution in [0.15, 0.2) is 24.3 Å². The van der Waals surface area contributed by atoms with Crippen molar-refractivity contribution in [3.05, 3.63) is 35.7 Å². The van der Waals surface area contributed by atoms with E-state index in [1.165, 1.54) is 37.8 Å². The van der Waals surface area contributed by atoms with Crippen molar-refractivity contribution in [3.63, 3.8) is 0 Å². The van der Waals surface area contributed by atoms with Gasteiger partial charge in [-0.2, -0.15) is 0 Å². The first-order valence-electron chi connectivity index (χ1n) is 7.52. The summed E-state index contributed by atoms with van der Waals surface area (Å²) < 4.78 is 14.3. The highest BCUT2D eigenvalue weighted by atomic mass is 19.1. The molecule has 0 saturated heterocycles. The number of carboxylic acids is 1. The number of hydrogen-bond acceptors (Lipinski definition) is 2. The number of carbonyl (C=O) groups is 1. The zero-order valence-electron chi connectivity index (χ0n) is 12.4. The first-order chi connectivity index (χ1) is 10.1. The summed E-state index contributed by atoms with van der Waals surface area (Å²) in [5.74, 6) is -1.32. The molecule has 1 saturated carbocycles. The van der Waals surface area contributed by atoms with Crippen molar-refractivity contribution in [1.82, 2.24) is 0 Å². The topological polar surface area (TPSA) is 40.5 Å². The van der Waals surface area contributed by atoms with Crippen LogP contribution in [0.3, 0.4) is 0 Å². The van der Waals surface area contributed by atoms with Crippen LogP contribution < -0.4 is 4.90 Å². The molecule has 1 aliphatic rings. The molecule has 0 aliphatic heterocycles. The molecule has 0 radical (unpaired) electrons. The lowest BCUT2D eigenvalue weighted by Gasteiger charge is -2.31. The Bertz CT molecular complexity index is 520. The third-order valence-electron chi connectivity index (χ3n) is 4.15. The van der Waals surface area contributed by atoms with Gasteiger partial charge in [-0.3, -0.25) is 0 Å². The average Bonchev–Trinajstić information content (AvgIpc) is 2.73. The molecule has 1 aromatic carbocycles. The average molecular weight is 291 g/mol.